The Hall–Kier alpha value is -2.99. The van der Waals surface area contributed by atoms with Crippen molar-refractivity contribution in [3.05, 3.63) is 83.8 Å². The van der Waals surface area contributed by atoms with Crippen molar-refractivity contribution in [2.75, 3.05) is 16.4 Å². The smallest absolute Gasteiger partial charge is 0.291 e. The van der Waals surface area contributed by atoms with Crippen LogP contribution in [0.25, 0.3) is 0 Å². The van der Waals surface area contributed by atoms with E-state index in [1.54, 1.807) is 48.2 Å². The highest BCUT2D eigenvalue weighted by Crippen LogP contribution is 2.17. The first-order valence-corrected chi connectivity index (χ1v) is 9.64. The number of carbonyl (C=O) groups is 2. The average Bonchev–Trinajstić information content (AvgIpc) is 3.20. The van der Waals surface area contributed by atoms with Crippen LogP contribution >= 0.6 is 11.8 Å². The largest absolute Gasteiger partial charge is 0.459 e. The number of furan rings is 1. The SMILES string of the molecule is Cc1ccc(CSCC(=O)Nc2ccc(NC(=O)c3ccco3)cc2)cc1. The second-order valence-corrected chi connectivity index (χ2v) is 7.02. The average molecular weight is 380 g/mol. The fourth-order valence-electron chi connectivity index (χ4n) is 2.38. The standard InChI is InChI=1S/C21H20N2O3S/c1-15-4-6-16(7-5-15)13-27-14-20(24)22-17-8-10-18(11-9-17)23-21(25)19-3-2-12-26-19/h2-12H,13-14H2,1H3,(H,22,24)(H,23,25). The van der Waals surface area contributed by atoms with Crippen LogP contribution in [0.2, 0.25) is 0 Å². The number of rotatable bonds is 7. The minimum Gasteiger partial charge on any atom is -0.459 e. The highest BCUT2D eigenvalue weighted by atomic mass is 32.2. The van der Waals surface area contributed by atoms with Crippen LogP contribution in [-0.4, -0.2) is 17.6 Å². The molecular formula is C21H20N2O3S. The number of nitrogens with one attached hydrogen (secondary N) is 2. The predicted octanol–water partition coefficient (Wildman–Crippen LogP) is 4.71. The molecule has 2 aromatic carbocycles. The maximum absolute atomic E-state index is 12.1. The van der Waals surface area contributed by atoms with Gasteiger partial charge < -0.3 is 15.1 Å². The molecule has 0 unspecified atom stereocenters. The van der Waals surface area contributed by atoms with Crippen LogP contribution in [0, 0.1) is 6.92 Å². The molecule has 0 atom stereocenters. The summed E-state index contributed by atoms with van der Waals surface area (Å²) in [5.41, 5.74) is 3.75. The van der Waals surface area contributed by atoms with Crippen LogP contribution in [0.4, 0.5) is 11.4 Å². The molecule has 0 fully saturated rings. The Morgan fingerprint density at radius 1 is 0.926 bits per heavy atom. The molecule has 1 heterocycles. The van der Waals surface area contributed by atoms with Gasteiger partial charge in [0.1, 0.15) is 0 Å². The summed E-state index contributed by atoms with van der Waals surface area (Å²) in [4.78, 5) is 24.0. The fourth-order valence-corrected chi connectivity index (χ4v) is 3.17. The van der Waals surface area contributed by atoms with Gasteiger partial charge in [-0.25, -0.2) is 0 Å². The highest BCUT2D eigenvalue weighted by Gasteiger charge is 2.09. The first kappa shape index (κ1) is 18.8. The molecule has 2 amide bonds. The van der Waals surface area contributed by atoms with Gasteiger partial charge in [0.05, 0.1) is 12.0 Å². The number of aryl methyl sites for hydroxylation is 1. The highest BCUT2D eigenvalue weighted by molar-refractivity contribution is 7.99. The molecule has 0 aliphatic carbocycles. The summed E-state index contributed by atoms with van der Waals surface area (Å²) in [6, 6.07) is 18.5. The lowest BCUT2D eigenvalue weighted by Crippen LogP contribution is -2.14. The van der Waals surface area contributed by atoms with E-state index in [4.69, 9.17) is 4.42 Å². The van der Waals surface area contributed by atoms with E-state index in [1.165, 1.54) is 17.4 Å². The first-order valence-electron chi connectivity index (χ1n) is 8.48. The number of benzene rings is 2. The van der Waals surface area contributed by atoms with Gasteiger partial charge in [0.15, 0.2) is 5.76 Å². The van der Waals surface area contributed by atoms with Gasteiger partial charge in [-0.3, -0.25) is 9.59 Å². The second kappa shape index (κ2) is 9.09. The van der Waals surface area contributed by atoms with Crippen molar-refractivity contribution < 1.29 is 14.0 Å². The van der Waals surface area contributed by atoms with Crippen LogP contribution in [0.3, 0.4) is 0 Å². The van der Waals surface area contributed by atoms with E-state index in [2.05, 4.69) is 41.8 Å². The van der Waals surface area contributed by atoms with E-state index < -0.39 is 0 Å². The Labute approximate surface area is 162 Å². The maximum Gasteiger partial charge on any atom is 0.291 e. The van der Waals surface area contributed by atoms with Gasteiger partial charge in [-0.1, -0.05) is 29.8 Å². The number of amides is 2. The van der Waals surface area contributed by atoms with Crippen molar-refractivity contribution in [1.82, 2.24) is 0 Å². The molecule has 3 rings (SSSR count). The summed E-state index contributed by atoms with van der Waals surface area (Å²) in [6.07, 6.45) is 1.45. The fraction of sp³-hybridized carbons (Fsp3) is 0.143. The summed E-state index contributed by atoms with van der Waals surface area (Å²) in [6.45, 7) is 2.05. The summed E-state index contributed by atoms with van der Waals surface area (Å²) >= 11 is 1.57. The van der Waals surface area contributed by atoms with Gasteiger partial charge in [0.25, 0.3) is 5.91 Å². The number of anilines is 2. The third-order valence-corrected chi connectivity index (χ3v) is 4.80. The number of thioether (sulfide) groups is 1. The van der Waals surface area contributed by atoms with Gasteiger partial charge >= 0.3 is 0 Å². The molecule has 0 aliphatic heterocycles. The molecule has 0 saturated carbocycles. The maximum atomic E-state index is 12.1. The van der Waals surface area contributed by atoms with E-state index in [0.29, 0.717) is 17.1 Å². The van der Waals surface area contributed by atoms with Crippen molar-refractivity contribution in [1.29, 1.82) is 0 Å². The first-order chi connectivity index (χ1) is 13.1. The van der Waals surface area contributed by atoms with Crippen LogP contribution in [0.5, 0.6) is 0 Å². The van der Waals surface area contributed by atoms with Crippen molar-refractivity contribution in [2.24, 2.45) is 0 Å². The lowest BCUT2D eigenvalue weighted by molar-refractivity contribution is -0.113. The number of hydrogen-bond acceptors (Lipinski definition) is 4. The van der Waals surface area contributed by atoms with E-state index in [9.17, 15) is 9.59 Å². The van der Waals surface area contributed by atoms with E-state index >= 15 is 0 Å². The quantitative estimate of drug-likeness (QED) is 0.623. The Morgan fingerprint density at radius 3 is 2.22 bits per heavy atom. The minimum atomic E-state index is -0.315. The number of hydrogen-bond donors (Lipinski definition) is 2. The zero-order valence-corrected chi connectivity index (χ0v) is 15.7. The summed E-state index contributed by atoms with van der Waals surface area (Å²) in [5.74, 6) is 1.05. The monoisotopic (exact) mass is 380 g/mol. The topological polar surface area (TPSA) is 71.3 Å². The summed E-state index contributed by atoms with van der Waals surface area (Å²) in [7, 11) is 0. The van der Waals surface area contributed by atoms with Gasteiger partial charge in [0.2, 0.25) is 5.91 Å². The normalized spacial score (nSPS) is 10.4. The molecule has 5 nitrogen and oxygen atoms in total. The molecule has 6 heteroatoms. The van der Waals surface area contributed by atoms with Gasteiger partial charge in [0, 0.05) is 17.1 Å². The molecule has 3 aromatic rings. The predicted molar refractivity (Wildman–Crippen MR) is 109 cm³/mol. The molecule has 0 saturated heterocycles. The Morgan fingerprint density at radius 2 is 1.59 bits per heavy atom. The Kier molecular flexibility index (Phi) is 6.33. The van der Waals surface area contributed by atoms with E-state index in [0.717, 1.165) is 5.75 Å². The second-order valence-electron chi connectivity index (χ2n) is 6.04. The van der Waals surface area contributed by atoms with Crippen LogP contribution in [0.1, 0.15) is 21.7 Å². The van der Waals surface area contributed by atoms with Crippen LogP contribution in [0.15, 0.2) is 71.3 Å². The van der Waals surface area contributed by atoms with Crippen molar-refractivity contribution in [3.63, 3.8) is 0 Å². The van der Waals surface area contributed by atoms with Crippen molar-refractivity contribution in [2.45, 2.75) is 12.7 Å². The lowest BCUT2D eigenvalue weighted by atomic mass is 10.2. The molecule has 2 N–H and O–H groups in total. The Balaban J connectivity index is 1.44. The molecule has 0 aliphatic rings. The van der Waals surface area contributed by atoms with Gasteiger partial charge in [-0.2, -0.15) is 0 Å². The zero-order valence-electron chi connectivity index (χ0n) is 14.9. The van der Waals surface area contributed by atoms with E-state index in [1.807, 2.05) is 0 Å². The zero-order chi connectivity index (χ0) is 19.1. The van der Waals surface area contributed by atoms with Crippen LogP contribution < -0.4 is 10.6 Å². The molecular weight excluding hydrogens is 360 g/mol. The molecule has 0 spiro atoms. The third-order valence-electron chi connectivity index (χ3n) is 3.79. The molecule has 1 aromatic heterocycles. The molecule has 0 bridgehead atoms. The third kappa shape index (κ3) is 5.76. The Bertz CT molecular complexity index is 888. The van der Waals surface area contributed by atoms with Crippen molar-refractivity contribution in [3.8, 4) is 0 Å². The lowest BCUT2D eigenvalue weighted by Gasteiger charge is -2.07. The van der Waals surface area contributed by atoms with E-state index in [-0.39, 0.29) is 17.6 Å². The minimum absolute atomic E-state index is 0.0560. The number of carbonyl (C=O) groups excluding carboxylic acids is 2. The molecule has 27 heavy (non-hydrogen) atoms. The molecule has 0 radical (unpaired) electrons. The van der Waals surface area contributed by atoms with Crippen LogP contribution in [-0.2, 0) is 10.5 Å². The molecule has 138 valence electrons. The summed E-state index contributed by atoms with van der Waals surface area (Å²) < 4.78 is 5.05. The summed E-state index contributed by atoms with van der Waals surface area (Å²) in [5, 5.41) is 5.59. The van der Waals surface area contributed by atoms with Gasteiger partial charge in [-0.05, 0) is 48.9 Å². The van der Waals surface area contributed by atoms with Gasteiger partial charge in [-0.15, -0.1) is 11.8 Å². The van der Waals surface area contributed by atoms with Crippen molar-refractivity contribution >= 4 is 35.0 Å².